The van der Waals surface area contributed by atoms with Crippen LogP contribution in [0, 0.1) is 11.3 Å². The molecule has 0 spiro atoms. The molecule has 0 atom stereocenters. The van der Waals surface area contributed by atoms with E-state index in [1.54, 1.807) is 18.3 Å². The van der Waals surface area contributed by atoms with E-state index < -0.39 is 0 Å². The minimum absolute atomic E-state index is 0.291. The molecule has 2 rings (SSSR count). The zero-order chi connectivity index (χ0) is 13.1. The summed E-state index contributed by atoms with van der Waals surface area (Å²) in [5.41, 5.74) is 0.552. The molecule has 4 nitrogen and oxygen atoms in total. The van der Waals surface area contributed by atoms with Crippen molar-refractivity contribution in [3.05, 3.63) is 40.6 Å². The van der Waals surface area contributed by atoms with E-state index in [9.17, 15) is 0 Å². The number of nitrogens with zero attached hydrogens (tertiary/aromatic N) is 3. The van der Waals surface area contributed by atoms with E-state index in [1.165, 1.54) is 0 Å². The zero-order valence-electron chi connectivity index (χ0n) is 10.1. The van der Waals surface area contributed by atoms with Gasteiger partial charge in [0.25, 0.3) is 0 Å². The highest BCUT2D eigenvalue weighted by molar-refractivity contribution is 9.10. The molecule has 2 aromatic rings. The van der Waals surface area contributed by atoms with E-state index in [0.29, 0.717) is 23.1 Å². The summed E-state index contributed by atoms with van der Waals surface area (Å²) in [6.07, 6.45) is 3.49. The lowest BCUT2D eigenvalue weighted by molar-refractivity contribution is 0.476. The average Bonchev–Trinajstić information content (AvgIpc) is 2.76. The van der Waals surface area contributed by atoms with Crippen LogP contribution in [0.25, 0.3) is 0 Å². The molecule has 0 saturated carbocycles. The van der Waals surface area contributed by atoms with E-state index in [1.807, 2.05) is 30.8 Å². The highest BCUT2D eigenvalue weighted by atomic mass is 79.9. The van der Waals surface area contributed by atoms with Crippen LogP contribution >= 0.6 is 15.9 Å². The molecular weight excluding hydrogens is 294 g/mol. The molecule has 0 saturated heterocycles. The predicted molar refractivity (Wildman–Crippen MR) is 71.5 cm³/mol. The van der Waals surface area contributed by atoms with Gasteiger partial charge in [0.15, 0.2) is 5.75 Å². The monoisotopic (exact) mass is 305 g/mol. The Bertz CT molecular complexity index is 599. The van der Waals surface area contributed by atoms with Gasteiger partial charge in [-0.15, -0.1) is 0 Å². The summed E-state index contributed by atoms with van der Waals surface area (Å²) in [4.78, 5) is 0. The summed E-state index contributed by atoms with van der Waals surface area (Å²) in [6, 6.07) is 7.62. The van der Waals surface area contributed by atoms with Crippen molar-refractivity contribution in [1.29, 1.82) is 5.26 Å². The van der Waals surface area contributed by atoms with Crippen molar-refractivity contribution >= 4 is 15.9 Å². The van der Waals surface area contributed by atoms with Gasteiger partial charge in [-0.05, 0) is 32.0 Å². The number of halogens is 1. The fourth-order valence-corrected chi connectivity index (χ4v) is 1.95. The average molecular weight is 306 g/mol. The van der Waals surface area contributed by atoms with Gasteiger partial charge in [0.05, 0.1) is 24.0 Å². The molecule has 0 amide bonds. The molecule has 5 heteroatoms. The lowest BCUT2D eigenvalue weighted by atomic mass is 10.2. The summed E-state index contributed by atoms with van der Waals surface area (Å²) in [5, 5.41) is 13.1. The summed E-state index contributed by atoms with van der Waals surface area (Å²) in [5.74, 6) is 1.27. The second-order valence-electron chi connectivity index (χ2n) is 4.14. The van der Waals surface area contributed by atoms with E-state index in [-0.39, 0.29) is 0 Å². The van der Waals surface area contributed by atoms with Gasteiger partial charge in [0.2, 0.25) is 0 Å². The molecule has 0 fully saturated rings. The Morgan fingerprint density at radius 1 is 1.33 bits per heavy atom. The van der Waals surface area contributed by atoms with Crippen LogP contribution in [-0.4, -0.2) is 9.78 Å². The number of nitriles is 1. The van der Waals surface area contributed by atoms with Crippen LogP contribution in [-0.2, 0) is 0 Å². The maximum absolute atomic E-state index is 8.89. The maximum Gasteiger partial charge on any atom is 0.165 e. The Balaban J connectivity index is 2.23. The normalized spacial score (nSPS) is 10.4. The number of hydrogen-bond donors (Lipinski definition) is 0. The maximum atomic E-state index is 8.89. The van der Waals surface area contributed by atoms with Gasteiger partial charge < -0.3 is 4.74 Å². The quantitative estimate of drug-likeness (QED) is 0.864. The number of hydrogen-bond acceptors (Lipinski definition) is 3. The van der Waals surface area contributed by atoms with E-state index in [2.05, 4.69) is 27.1 Å². The largest absolute Gasteiger partial charge is 0.454 e. The predicted octanol–water partition coefficient (Wildman–Crippen LogP) is 3.89. The Kier molecular flexibility index (Phi) is 3.68. The number of benzene rings is 1. The number of ether oxygens (including phenoxy) is 1. The first-order valence-electron chi connectivity index (χ1n) is 5.51. The molecule has 1 aromatic carbocycles. The Morgan fingerprint density at radius 3 is 2.72 bits per heavy atom. The van der Waals surface area contributed by atoms with Gasteiger partial charge >= 0.3 is 0 Å². The smallest absolute Gasteiger partial charge is 0.165 e. The minimum Gasteiger partial charge on any atom is -0.454 e. The molecule has 92 valence electrons. The fourth-order valence-electron chi connectivity index (χ4n) is 1.48. The van der Waals surface area contributed by atoms with Crippen LogP contribution in [0.15, 0.2) is 35.1 Å². The second-order valence-corrected chi connectivity index (χ2v) is 5.05. The van der Waals surface area contributed by atoms with Crippen molar-refractivity contribution in [2.45, 2.75) is 19.9 Å². The molecule has 1 aromatic heterocycles. The summed E-state index contributed by atoms with van der Waals surface area (Å²) < 4.78 is 8.30. The molecule has 1 heterocycles. The third kappa shape index (κ3) is 2.90. The molecular formula is C13H12BrN3O. The zero-order valence-corrected chi connectivity index (χ0v) is 11.7. The van der Waals surface area contributed by atoms with Crippen LogP contribution < -0.4 is 4.74 Å². The molecule has 0 aliphatic carbocycles. The van der Waals surface area contributed by atoms with E-state index >= 15 is 0 Å². The van der Waals surface area contributed by atoms with Gasteiger partial charge in [0.1, 0.15) is 5.75 Å². The number of aromatic nitrogens is 2. The van der Waals surface area contributed by atoms with Crippen molar-refractivity contribution in [3.63, 3.8) is 0 Å². The van der Waals surface area contributed by atoms with Gasteiger partial charge in [0, 0.05) is 10.5 Å². The van der Waals surface area contributed by atoms with E-state index in [0.717, 1.165) is 4.47 Å². The van der Waals surface area contributed by atoms with Gasteiger partial charge in [-0.3, -0.25) is 4.68 Å². The molecule has 0 aliphatic heterocycles. The van der Waals surface area contributed by atoms with Crippen LogP contribution in [0.5, 0.6) is 11.5 Å². The lowest BCUT2D eigenvalue weighted by Gasteiger charge is -2.05. The Morgan fingerprint density at radius 2 is 2.11 bits per heavy atom. The standard InChI is InChI=1S/C13H12BrN3O/c1-9(2)17-8-13(7-16-17)18-12-4-10(6-15)3-11(14)5-12/h3-5,7-9H,1-2H3. The second kappa shape index (κ2) is 5.23. The van der Waals surface area contributed by atoms with Crippen LogP contribution in [0.2, 0.25) is 0 Å². The molecule has 0 unspecified atom stereocenters. The molecule has 0 bridgehead atoms. The molecule has 0 radical (unpaired) electrons. The minimum atomic E-state index is 0.291. The van der Waals surface area contributed by atoms with Gasteiger partial charge in [-0.1, -0.05) is 15.9 Å². The molecule has 0 aliphatic rings. The Hall–Kier alpha value is -1.80. The lowest BCUT2D eigenvalue weighted by Crippen LogP contribution is -1.99. The highest BCUT2D eigenvalue weighted by Crippen LogP contribution is 2.26. The first-order chi connectivity index (χ1) is 8.58. The molecule has 0 N–H and O–H groups in total. The third-order valence-electron chi connectivity index (χ3n) is 2.34. The summed E-state index contributed by atoms with van der Waals surface area (Å²) in [6.45, 7) is 4.09. The van der Waals surface area contributed by atoms with Crippen molar-refractivity contribution in [2.75, 3.05) is 0 Å². The van der Waals surface area contributed by atoms with Gasteiger partial charge in [-0.25, -0.2) is 0 Å². The first-order valence-corrected chi connectivity index (χ1v) is 6.30. The van der Waals surface area contributed by atoms with Crippen molar-refractivity contribution in [3.8, 4) is 17.6 Å². The highest BCUT2D eigenvalue weighted by Gasteiger charge is 2.05. The molecule has 18 heavy (non-hydrogen) atoms. The SMILES string of the molecule is CC(C)n1cc(Oc2cc(Br)cc(C#N)c2)cn1. The van der Waals surface area contributed by atoms with Crippen molar-refractivity contribution in [1.82, 2.24) is 9.78 Å². The summed E-state index contributed by atoms with van der Waals surface area (Å²) in [7, 11) is 0. The number of rotatable bonds is 3. The van der Waals surface area contributed by atoms with Crippen molar-refractivity contribution in [2.24, 2.45) is 0 Å². The van der Waals surface area contributed by atoms with Crippen molar-refractivity contribution < 1.29 is 4.74 Å². The van der Waals surface area contributed by atoms with Crippen LogP contribution in [0.4, 0.5) is 0 Å². The van der Waals surface area contributed by atoms with Gasteiger partial charge in [-0.2, -0.15) is 10.4 Å². The first kappa shape index (κ1) is 12.7. The Labute approximate surface area is 114 Å². The van der Waals surface area contributed by atoms with Crippen LogP contribution in [0.1, 0.15) is 25.5 Å². The third-order valence-corrected chi connectivity index (χ3v) is 2.80. The van der Waals surface area contributed by atoms with E-state index in [4.69, 9.17) is 10.00 Å². The topological polar surface area (TPSA) is 50.8 Å². The summed E-state index contributed by atoms with van der Waals surface area (Å²) >= 11 is 3.34. The fraction of sp³-hybridized carbons (Fsp3) is 0.231. The van der Waals surface area contributed by atoms with Crippen LogP contribution in [0.3, 0.4) is 0 Å².